The number of halogens is 1. The maximum Gasteiger partial charge on any atom is 0.221 e. The maximum atomic E-state index is 12.0. The fourth-order valence-corrected chi connectivity index (χ4v) is 1.38. The van der Waals surface area contributed by atoms with Crippen LogP contribution in [0.25, 0.3) is 0 Å². The lowest BCUT2D eigenvalue weighted by molar-refractivity contribution is 0.00156. The Morgan fingerprint density at radius 3 is 2.22 bits per heavy atom. The average molecular weight is 314 g/mol. The van der Waals surface area contributed by atoms with Crippen molar-refractivity contribution in [3.63, 3.8) is 0 Å². The third-order valence-electron chi connectivity index (χ3n) is 1.94. The summed E-state index contributed by atoms with van der Waals surface area (Å²) in [5.74, 6) is 0.465. The van der Waals surface area contributed by atoms with Crippen LogP contribution in [-0.4, -0.2) is 23.1 Å². The standard InChI is InChI=1S/C13H16BrNO3/c1-13(2,3)18-15-12(14)11(16)9-5-7-10(17-4)8-6-9/h5-8H,1-4H3/b15-12-. The van der Waals surface area contributed by atoms with Gasteiger partial charge < -0.3 is 9.57 Å². The van der Waals surface area contributed by atoms with Gasteiger partial charge in [-0.25, -0.2) is 0 Å². The minimum Gasteiger partial charge on any atom is -0.497 e. The molecule has 0 fully saturated rings. The average Bonchev–Trinajstić information content (AvgIpc) is 2.34. The highest BCUT2D eigenvalue weighted by molar-refractivity contribution is 9.19. The molecule has 0 radical (unpaired) electrons. The molecule has 0 saturated carbocycles. The van der Waals surface area contributed by atoms with Crippen LogP contribution in [-0.2, 0) is 4.84 Å². The van der Waals surface area contributed by atoms with Gasteiger partial charge in [-0.05, 0) is 61.0 Å². The number of ketones is 1. The normalized spacial score (nSPS) is 12.2. The van der Waals surface area contributed by atoms with E-state index in [2.05, 4.69) is 21.1 Å². The van der Waals surface area contributed by atoms with E-state index < -0.39 is 5.60 Å². The summed E-state index contributed by atoms with van der Waals surface area (Å²) in [5.41, 5.74) is 0.0862. The monoisotopic (exact) mass is 313 g/mol. The molecule has 0 heterocycles. The molecular formula is C13H16BrNO3. The second-order valence-corrected chi connectivity index (χ2v) is 5.39. The summed E-state index contributed by atoms with van der Waals surface area (Å²) in [7, 11) is 1.57. The van der Waals surface area contributed by atoms with E-state index in [1.165, 1.54) is 0 Å². The number of hydrogen-bond acceptors (Lipinski definition) is 4. The first kappa shape index (κ1) is 14.7. The Kier molecular flexibility index (Phi) is 4.90. The first-order valence-electron chi connectivity index (χ1n) is 5.44. The zero-order valence-electron chi connectivity index (χ0n) is 10.9. The molecule has 0 unspecified atom stereocenters. The molecule has 0 saturated heterocycles. The quantitative estimate of drug-likeness (QED) is 0.486. The number of rotatable bonds is 4. The molecule has 0 aromatic heterocycles. The van der Waals surface area contributed by atoms with Crippen LogP contribution in [0, 0.1) is 0 Å². The molecule has 1 aromatic rings. The van der Waals surface area contributed by atoms with Crippen molar-refractivity contribution >= 4 is 26.3 Å². The van der Waals surface area contributed by atoms with Gasteiger partial charge in [-0.1, -0.05) is 5.16 Å². The Balaban J connectivity index is 2.79. The SMILES string of the molecule is COc1ccc(C(=O)/C(Br)=N/OC(C)(C)C)cc1. The van der Waals surface area contributed by atoms with E-state index >= 15 is 0 Å². The molecule has 0 aliphatic rings. The number of ether oxygens (including phenoxy) is 1. The molecule has 5 heteroatoms. The third-order valence-corrected chi connectivity index (χ3v) is 2.44. The zero-order chi connectivity index (χ0) is 13.8. The topological polar surface area (TPSA) is 47.9 Å². The highest BCUT2D eigenvalue weighted by Gasteiger charge is 2.15. The van der Waals surface area contributed by atoms with Crippen LogP contribution in [0.4, 0.5) is 0 Å². The fourth-order valence-electron chi connectivity index (χ4n) is 1.08. The van der Waals surface area contributed by atoms with E-state index in [9.17, 15) is 4.79 Å². The molecule has 4 nitrogen and oxygen atoms in total. The van der Waals surface area contributed by atoms with Crippen LogP contribution in [0.2, 0.25) is 0 Å². The van der Waals surface area contributed by atoms with Crippen LogP contribution in [0.1, 0.15) is 31.1 Å². The second kappa shape index (κ2) is 6.00. The summed E-state index contributed by atoms with van der Waals surface area (Å²) in [6.45, 7) is 5.57. The Labute approximate surface area is 115 Å². The lowest BCUT2D eigenvalue weighted by Crippen LogP contribution is -2.18. The van der Waals surface area contributed by atoms with Gasteiger partial charge in [0.2, 0.25) is 5.78 Å². The Morgan fingerprint density at radius 2 is 1.78 bits per heavy atom. The van der Waals surface area contributed by atoms with E-state index in [1.54, 1.807) is 31.4 Å². The van der Waals surface area contributed by atoms with Crippen molar-refractivity contribution in [1.29, 1.82) is 0 Å². The van der Waals surface area contributed by atoms with E-state index in [0.717, 1.165) is 0 Å². The number of carbonyl (C=O) groups is 1. The van der Waals surface area contributed by atoms with E-state index in [0.29, 0.717) is 11.3 Å². The van der Waals surface area contributed by atoms with Gasteiger partial charge in [0.15, 0.2) is 4.62 Å². The largest absolute Gasteiger partial charge is 0.497 e. The summed E-state index contributed by atoms with van der Waals surface area (Å²) >= 11 is 3.11. The molecule has 0 N–H and O–H groups in total. The van der Waals surface area contributed by atoms with Gasteiger partial charge in [0.1, 0.15) is 11.4 Å². The number of Topliss-reactive ketones (excluding diaryl/α,β-unsaturated/α-hetero) is 1. The van der Waals surface area contributed by atoms with Crippen LogP contribution in [0.5, 0.6) is 5.75 Å². The highest BCUT2D eigenvalue weighted by Crippen LogP contribution is 2.14. The van der Waals surface area contributed by atoms with E-state index in [1.807, 2.05) is 20.8 Å². The molecule has 0 spiro atoms. The van der Waals surface area contributed by atoms with Crippen molar-refractivity contribution in [2.45, 2.75) is 26.4 Å². The predicted octanol–water partition coefficient (Wildman–Crippen LogP) is 3.40. The second-order valence-electron chi connectivity index (χ2n) is 4.64. The molecular weight excluding hydrogens is 298 g/mol. The predicted molar refractivity (Wildman–Crippen MR) is 74.5 cm³/mol. The number of carbonyl (C=O) groups excluding carboxylic acids is 1. The van der Waals surface area contributed by atoms with Gasteiger partial charge in [0.25, 0.3) is 0 Å². The molecule has 0 atom stereocenters. The van der Waals surface area contributed by atoms with Crippen molar-refractivity contribution in [2.75, 3.05) is 7.11 Å². The smallest absolute Gasteiger partial charge is 0.221 e. The maximum absolute atomic E-state index is 12.0. The number of oxime groups is 1. The number of benzene rings is 1. The summed E-state index contributed by atoms with van der Waals surface area (Å²) in [5, 5.41) is 3.77. The lowest BCUT2D eigenvalue weighted by Gasteiger charge is -2.15. The van der Waals surface area contributed by atoms with Gasteiger partial charge in [-0.3, -0.25) is 4.79 Å². The van der Waals surface area contributed by atoms with Gasteiger partial charge in [-0.2, -0.15) is 0 Å². The van der Waals surface area contributed by atoms with Crippen LogP contribution in [0.3, 0.4) is 0 Å². The van der Waals surface area contributed by atoms with Crippen molar-refractivity contribution in [2.24, 2.45) is 5.16 Å². The fraction of sp³-hybridized carbons (Fsp3) is 0.385. The Hall–Kier alpha value is -1.36. The Bertz CT molecular complexity index is 446. The van der Waals surface area contributed by atoms with Gasteiger partial charge in [0.05, 0.1) is 7.11 Å². The van der Waals surface area contributed by atoms with Crippen LogP contribution < -0.4 is 4.74 Å². The first-order chi connectivity index (χ1) is 8.33. The summed E-state index contributed by atoms with van der Waals surface area (Å²) in [6, 6.07) is 6.79. The molecule has 1 aromatic carbocycles. The summed E-state index contributed by atoms with van der Waals surface area (Å²) in [6.07, 6.45) is 0. The van der Waals surface area contributed by atoms with E-state index in [-0.39, 0.29) is 10.4 Å². The summed E-state index contributed by atoms with van der Waals surface area (Å²) in [4.78, 5) is 17.1. The molecule has 0 aliphatic carbocycles. The zero-order valence-corrected chi connectivity index (χ0v) is 12.4. The molecule has 98 valence electrons. The molecule has 0 aliphatic heterocycles. The van der Waals surface area contributed by atoms with Crippen LogP contribution >= 0.6 is 15.9 Å². The number of methoxy groups -OCH3 is 1. The molecule has 1 rings (SSSR count). The summed E-state index contributed by atoms with van der Waals surface area (Å²) < 4.78 is 5.16. The van der Waals surface area contributed by atoms with Gasteiger partial charge in [0, 0.05) is 5.56 Å². The van der Waals surface area contributed by atoms with Crippen LogP contribution in [0.15, 0.2) is 29.4 Å². The van der Waals surface area contributed by atoms with E-state index in [4.69, 9.17) is 9.57 Å². The van der Waals surface area contributed by atoms with Gasteiger partial charge >= 0.3 is 0 Å². The van der Waals surface area contributed by atoms with Gasteiger partial charge in [-0.15, -0.1) is 0 Å². The molecule has 18 heavy (non-hydrogen) atoms. The third kappa shape index (κ3) is 4.49. The Morgan fingerprint density at radius 1 is 1.22 bits per heavy atom. The highest BCUT2D eigenvalue weighted by atomic mass is 79.9. The van der Waals surface area contributed by atoms with Crippen molar-refractivity contribution < 1.29 is 14.4 Å². The van der Waals surface area contributed by atoms with Crippen molar-refractivity contribution in [1.82, 2.24) is 0 Å². The van der Waals surface area contributed by atoms with Crippen molar-refractivity contribution in [3.05, 3.63) is 29.8 Å². The lowest BCUT2D eigenvalue weighted by atomic mass is 10.1. The minimum absolute atomic E-state index is 0.141. The first-order valence-corrected chi connectivity index (χ1v) is 6.23. The van der Waals surface area contributed by atoms with Crippen molar-refractivity contribution in [3.8, 4) is 5.75 Å². The minimum atomic E-state index is -0.431. The molecule has 0 amide bonds. The number of hydrogen-bond donors (Lipinski definition) is 0. The molecule has 0 bridgehead atoms. The number of nitrogens with zero attached hydrogens (tertiary/aromatic N) is 1.